The van der Waals surface area contributed by atoms with Crippen LogP contribution in [-0.2, 0) is 0 Å². The van der Waals surface area contributed by atoms with Crippen LogP contribution in [0.4, 0.5) is 0 Å². The first kappa shape index (κ1) is 10.3. The molecule has 0 rings (SSSR count). The van der Waals surface area contributed by atoms with Crippen molar-refractivity contribution in [2.24, 2.45) is 0 Å². The maximum atomic E-state index is 5.16. The fourth-order valence-electron chi connectivity index (χ4n) is 0.162. The third-order valence-electron chi connectivity index (χ3n) is 0.411. The van der Waals surface area contributed by atoms with Gasteiger partial charge in [-0.2, -0.15) is 0 Å². The van der Waals surface area contributed by atoms with Gasteiger partial charge in [0.15, 0.2) is 0 Å². The van der Waals surface area contributed by atoms with Gasteiger partial charge in [0, 0.05) is 12.1 Å². The first-order valence-corrected chi connectivity index (χ1v) is 2.25. The van der Waals surface area contributed by atoms with E-state index in [9.17, 15) is 0 Å². The molecule has 0 aromatic carbocycles. The van der Waals surface area contributed by atoms with Gasteiger partial charge in [0.25, 0.3) is 0 Å². The lowest BCUT2D eigenvalue weighted by Gasteiger charge is -1.81. The Morgan fingerprint density at radius 1 is 1.71 bits per heavy atom. The van der Waals surface area contributed by atoms with Crippen molar-refractivity contribution in [2.75, 3.05) is 13.6 Å². The Hall–Kier alpha value is 0.280. The molecule has 3 heteroatoms. The highest BCUT2D eigenvalue weighted by molar-refractivity contribution is 6.25. The summed E-state index contributed by atoms with van der Waals surface area (Å²) in [6.45, 7) is 0.851. The fraction of sp³-hybridized carbons (Fsp3) is 0.500. The van der Waals surface area contributed by atoms with Gasteiger partial charge in [0.05, 0.1) is 0 Å². The molecule has 0 heterocycles. The van der Waals surface area contributed by atoms with Gasteiger partial charge in [-0.1, -0.05) is 17.7 Å². The molecule has 7 heavy (non-hydrogen) atoms. The normalized spacial score (nSPS) is 8.86. The van der Waals surface area contributed by atoms with Crippen molar-refractivity contribution in [3.8, 4) is 0 Å². The molecule has 0 saturated carbocycles. The predicted molar refractivity (Wildman–Crippen MR) is 36.2 cm³/mol. The van der Waals surface area contributed by atoms with Crippen molar-refractivity contribution in [1.82, 2.24) is 5.32 Å². The highest BCUT2D eigenvalue weighted by atomic mass is 35.5. The maximum Gasteiger partial charge on any atom is 0.0143 e. The van der Waals surface area contributed by atoms with Crippen molar-refractivity contribution in [2.45, 2.75) is 0 Å². The number of hydrogen-bond acceptors (Lipinski definition) is 1. The van der Waals surface area contributed by atoms with Crippen molar-refractivity contribution in [3.63, 3.8) is 0 Å². The molecule has 1 nitrogen and oxygen atoms in total. The molecule has 1 N–H and O–H groups in total. The van der Waals surface area contributed by atoms with Gasteiger partial charge >= 0.3 is 0 Å². The lowest BCUT2D eigenvalue weighted by molar-refractivity contribution is 0.921. The zero-order valence-corrected chi connectivity index (χ0v) is 5.72. The first-order valence-electron chi connectivity index (χ1n) is 1.81. The lowest BCUT2D eigenvalue weighted by atomic mass is 10.6. The second kappa shape index (κ2) is 9.56. The summed E-state index contributed by atoms with van der Waals surface area (Å²) in [5, 5.41) is 2.90. The summed E-state index contributed by atoms with van der Waals surface area (Å²) < 4.78 is 0. The summed E-state index contributed by atoms with van der Waals surface area (Å²) in [6.07, 6.45) is 1.83. The summed E-state index contributed by atoms with van der Waals surface area (Å²) in [4.78, 5) is 0. The largest absolute Gasteiger partial charge is 0.316 e. The molecular weight excluding hydrogens is 133 g/mol. The molecule has 0 fully saturated rings. The summed E-state index contributed by atoms with van der Waals surface area (Å²) in [6, 6.07) is 0. The molecule has 0 spiro atoms. The third-order valence-corrected chi connectivity index (χ3v) is 0.589. The standard InChI is InChI=1S/C4H8ClN.ClH/c1-6-4-2-3-5;/h2-3,6H,4H2,1H3;1H/b3-2+;. The average Bonchev–Trinajstić information content (AvgIpc) is 1.61. The van der Waals surface area contributed by atoms with Crippen LogP contribution in [0.15, 0.2) is 11.6 Å². The van der Waals surface area contributed by atoms with Crippen LogP contribution in [0.3, 0.4) is 0 Å². The minimum atomic E-state index is 0. The molecule has 0 aliphatic heterocycles. The Morgan fingerprint density at radius 3 is 2.43 bits per heavy atom. The molecule has 0 radical (unpaired) electrons. The summed E-state index contributed by atoms with van der Waals surface area (Å²) in [7, 11) is 1.87. The first-order chi connectivity index (χ1) is 2.91. The van der Waals surface area contributed by atoms with E-state index >= 15 is 0 Å². The summed E-state index contributed by atoms with van der Waals surface area (Å²) >= 11 is 5.16. The minimum Gasteiger partial charge on any atom is -0.316 e. The van der Waals surface area contributed by atoms with Crippen molar-refractivity contribution in [1.29, 1.82) is 0 Å². The average molecular weight is 142 g/mol. The Morgan fingerprint density at radius 2 is 2.29 bits per heavy atom. The molecular formula is C4H9Cl2N. The highest BCUT2D eigenvalue weighted by Crippen LogP contribution is 1.72. The monoisotopic (exact) mass is 141 g/mol. The van der Waals surface area contributed by atoms with E-state index < -0.39 is 0 Å². The quantitative estimate of drug-likeness (QED) is 0.614. The fourth-order valence-corrected chi connectivity index (χ4v) is 0.251. The second-order valence-electron chi connectivity index (χ2n) is 0.919. The number of halogens is 2. The van der Waals surface area contributed by atoms with Gasteiger partial charge in [-0.3, -0.25) is 0 Å². The van der Waals surface area contributed by atoms with Gasteiger partial charge in [0.2, 0.25) is 0 Å². The van der Waals surface area contributed by atoms with Crippen LogP contribution < -0.4 is 5.32 Å². The lowest BCUT2D eigenvalue weighted by Crippen LogP contribution is -2.03. The molecule has 0 aromatic heterocycles. The molecule has 0 aromatic rings. The van der Waals surface area contributed by atoms with E-state index in [1.807, 2.05) is 13.1 Å². The van der Waals surface area contributed by atoms with Crippen molar-refractivity contribution in [3.05, 3.63) is 11.6 Å². The van der Waals surface area contributed by atoms with Gasteiger partial charge in [-0.15, -0.1) is 12.4 Å². The van der Waals surface area contributed by atoms with Crippen LogP contribution in [0.25, 0.3) is 0 Å². The molecule has 0 unspecified atom stereocenters. The molecule has 44 valence electrons. The van der Waals surface area contributed by atoms with Crippen molar-refractivity contribution < 1.29 is 0 Å². The van der Waals surface area contributed by atoms with Crippen LogP contribution >= 0.6 is 24.0 Å². The number of likely N-dealkylation sites (N-methyl/N-ethyl adjacent to an activating group) is 1. The number of rotatable bonds is 2. The van der Waals surface area contributed by atoms with Gasteiger partial charge in [-0.25, -0.2) is 0 Å². The van der Waals surface area contributed by atoms with Crippen LogP contribution in [0, 0.1) is 0 Å². The van der Waals surface area contributed by atoms with Crippen LogP contribution in [0.5, 0.6) is 0 Å². The molecule has 0 amide bonds. The smallest absolute Gasteiger partial charge is 0.0143 e. The van der Waals surface area contributed by atoms with E-state index in [1.165, 1.54) is 5.54 Å². The Balaban J connectivity index is 0. The van der Waals surface area contributed by atoms with Crippen LogP contribution in [0.2, 0.25) is 0 Å². The Kier molecular flexibility index (Phi) is 14.1. The third kappa shape index (κ3) is 10.7. The summed E-state index contributed by atoms with van der Waals surface area (Å²) in [5.41, 5.74) is 1.50. The van der Waals surface area contributed by atoms with E-state index in [1.54, 1.807) is 0 Å². The van der Waals surface area contributed by atoms with E-state index in [-0.39, 0.29) is 12.4 Å². The molecule has 0 saturated heterocycles. The zero-order chi connectivity index (χ0) is 4.83. The SMILES string of the molecule is CNC/C=C/Cl.Cl. The van der Waals surface area contributed by atoms with Crippen molar-refractivity contribution >= 4 is 24.0 Å². The van der Waals surface area contributed by atoms with Gasteiger partial charge < -0.3 is 5.32 Å². The van der Waals surface area contributed by atoms with E-state index in [0.29, 0.717) is 0 Å². The van der Waals surface area contributed by atoms with Gasteiger partial charge in [0.1, 0.15) is 0 Å². The maximum absolute atomic E-state index is 5.16. The second-order valence-corrected chi connectivity index (χ2v) is 1.17. The van der Waals surface area contributed by atoms with E-state index in [0.717, 1.165) is 6.54 Å². The van der Waals surface area contributed by atoms with Crippen LogP contribution in [-0.4, -0.2) is 13.6 Å². The topological polar surface area (TPSA) is 12.0 Å². The van der Waals surface area contributed by atoms with Gasteiger partial charge in [-0.05, 0) is 7.05 Å². The zero-order valence-electron chi connectivity index (χ0n) is 4.15. The van der Waals surface area contributed by atoms with E-state index in [4.69, 9.17) is 11.6 Å². The Bertz CT molecular complexity index is 45.0. The molecule has 0 aliphatic rings. The Labute approximate surface area is 55.2 Å². The van der Waals surface area contributed by atoms with E-state index in [2.05, 4.69) is 5.32 Å². The summed E-state index contributed by atoms with van der Waals surface area (Å²) in [5.74, 6) is 0. The molecule has 0 aliphatic carbocycles. The molecule has 0 atom stereocenters. The minimum absolute atomic E-state index is 0. The van der Waals surface area contributed by atoms with Crippen LogP contribution in [0.1, 0.15) is 0 Å². The number of nitrogens with one attached hydrogen (secondary N) is 1. The highest BCUT2D eigenvalue weighted by Gasteiger charge is 1.62. The molecule has 0 bridgehead atoms. The number of hydrogen-bond donors (Lipinski definition) is 1. The predicted octanol–water partition coefficient (Wildman–Crippen LogP) is 1.38.